The Bertz CT molecular complexity index is 404. The fraction of sp³-hybridized carbons (Fsp3) is 0.200. The lowest BCUT2D eigenvalue weighted by Crippen LogP contribution is -1.91. The number of nitro benzene ring substituents is 1. The number of nitrogens with zero attached hydrogens (tertiary/aromatic N) is 1. The predicted molar refractivity (Wildman–Crippen MR) is 65.5 cm³/mol. The molecule has 0 saturated carbocycles. The van der Waals surface area contributed by atoms with E-state index < -0.39 is 4.92 Å². The summed E-state index contributed by atoms with van der Waals surface area (Å²) in [7, 11) is 0. The quantitative estimate of drug-likeness (QED) is 0.479. The third-order valence-corrected chi connectivity index (χ3v) is 2.27. The number of hydrogen-bond acceptors (Lipinski definition) is 2. The van der Waals surface area contributed by atoms with E-state index in [4.69, 9.17) is 11.6 Å². The number of rotatable bonds is 3. The van der Waals surface area contributed by atoms with Gasteiger partial charge in [-0.2, -0.15) is 0 Å². The second-order valence-corrected chi connectivity index (χ2v) is 4.88. The van der Waals surface area contributed by atoms with Crippen molar-refractivity contribution < 1.29 is 4.92 Å². The Hall–Kier alpha value is -0.870. The average molecular weight is 291 g/mol. The molecule has 0 amide bonds. The van der Waals surface area contributed by atoms with Gasteiger partial charge in [-0.25, -0.2) is 0 Å². The van der Waals surface area contributed by atoms with Crippen molar-refractivity contribution in [3.63, 3.8) is 0 Å². The molecule has 0 heterocycles. The standard InChI is InChI=1S/C10H9BrClNO2/c1-7(11)2-3-8-6-9(12)4-5-10(8)13(14)15/h2-7H,1H3/b3-2+. The van der Waals surface area contributed by atoms with Crippen LogP contribution in [0.3, 0.4) is 0 Å². The van der Waals surface area contributed by atoms with Crippen molar-refractivity contribution in [2.45, 2.75) is 11.8 Å². The van der Waals surface area contributed by atoms with Crippen LogP contribution < -0.4 is 0 Å². The fourth-order valence-electron chi connectivity index (χ4n) is 1.06. The van der Waals surface area contributed by atoms with E-state index in [1.165, 1.54) is 12.1 Å². The summed E-state index contributed by atoms with van der Waals surface area (Å²) in [4.78, 5) is 10.4. The molecule has 1 unspecified atom stereocenters. The number of halogens is 2. The highest BCUT2D eigenvalue weighted by Gasteiger charge is 2.11. The highest BCUT2D eigenvalue weighted by atomic mass is 79.9. The summed E-state index contributed by atoms with van der Waals surface area (Å²) < 4.78 is 0. The maximum absolute atomic E-state index is 10.7. The molecule has 5 heteroatoms. The van der Waals surface area contributed by atoms with Crippen LogP contribution in [-0.4, -0.2) is 9.75 Å². The molecule has 15 heavy (non-hydrogen) atoms. The van der Waals surface area contributed by atoms with Gasteiger partial charge in [0.1, 0.15) is 0 Å². The van der Waals surface area contributed by atoms with Crippen LogP contribution in [0.25, 0.3) is 6.08 Å². The molecule has 3 nitrogen and oxygen atoms in total. The summed E-state index contributed by atoms with van der Waals surface area (Å²) in [6.45, 7) is 1.92. The molecule has 0 spiro atoms. The monoisotopic (exact) mass is 289 g/mol. The maximum Gasteiger partial charge on any atom is 0.276 e. The lowest BCUT2D eigenvalue weighted by Gasteiger charge is -1.98. The van der Waals surface area contributed by atoms with Gasteiger partial charge in [0, 0.05) is 15.9 Å². The number of allylic oxidation sites excluding steroid dienone is 1. The number of hydrogen-bond donors (Lipinski definition) is 0. The zero-order valence-electron chi connectivity index (χ0n) is 7.98. The Kier molecular flexibility index (Phi) is 4.29. The van der Waals surface area contributed by atoms with Crippen LogP contribution in [0.15, 0.2) is 24.3 Å². The van der Waals surface area contributed by atoms with Crippen LogP contribution in [-0.2, 0) is 0 Å². The van der Waals surface area contributed by atoms with Crippen molar-refractivity contribution in [1.82, 2.24) is 0 Å². The summed E-state index contributed by atoms with van der Waals surface area (Å²) in [5.74, 6) is 0. The molecule has 0 N–H and O–H groups in total. The lowest BCUT2D eigenvalue weighted by atomic mass is 10.1. The van der Waals surface area contributed by atoms with Crippen LogP contribution in [0.5, 0.6) is 0 Å². The Morgan fingerprint density at radius 3 is 2.80 bits per heavy atom. The van der Waals surface area contributed by atoms with Gasteiger partial charge in [-0.3, -0.25) is 10.1 Å². The van der Waals surface area contributed by atoms with Gasteiger partial charge in [-0.15, -0.1) is 0 Å². The predicted octanol–water partition coefficient (Wildman–Crippen LogP) is 4.04. The van der Waals surface area contributed by atoms with Crippen molar-refractivity contribution in [3.8, 4) is 0 Å². The van der Waals surface area contributed by atoms with Crippen LogP contribution in [0.1, 0.15) is 12.5 Å². The van der Waals surface area contributed by atoms with Gasteiger partial charge >= 0.3 is 0 Å². The molecule has 1 aromatic rings. The first-order valence-electron chi connectivity index (χ1n) is 4.27. The second kappa shape index (κ2) is 5.28. The molecule has 0 fully saturated rings. The summed E-state index contributed by atoms with van der Waals surface area (Å²) in [6, 6.07) is 4.49. The smallest absolute Gasteiger partial charge is 0.258 e. The minimum Gasteiger partial charge on any atom is -0.258 e. The van der Waals surface area contributed by atoms with Gasteiger partial charge in [-0.05, 0) is 19.1 Å². The topological polar surface area (TPSA) is 43.1 Å². The SMILES string of the molecule is CC(Br)/C=C/c1cc(Cl)ccc1[N+](=O)[O-]. The minimum atomic E-state index is -0.422. The third kappa shape index (κ3) is 3.64. The highest BCUT2D eigenvalue weighted by molar-refractivity contribution is 9.09. The zero-order chi connectivity index (χ0) is 11.4. The summed E-state index contributed by atoms with van der Waals surface area (Å²) >= 11 is 9.09. The molecular weight excluding hydrogens is 281 g/mol. The molecule has 0 bridgehead atoms. The molecule has 1 rings (SSSR count). The van der Waals surface area contributed by atoms with Crippen molar-refractivity contribution in [1.29, 1.82) is 0 Å². The molecule has 0 aliphatic carbocycles. The van der Waals surface area contributed by atoms with Gasteiger partial charge in [0.05, 0.1) is 10.5 Å². The summed E-state index contributed by atoms with van der Waals surface area (Å²) in [5, 5.41) is 11.2. The average Bonchev–Trinajstić information content (AvgIpc) is 2.14. The van der Waals surface area contributed by atoms with E-state index in [0.717, 1.165) is 0 Å². The van der Waals surface area contributed by atoms with Crippen molar-refractivity contribution in [3.05, 3.63) is 45.0 Å². The van der Waals surface area contributed by atoms with E-state index in [9.17, 15) is 10.1 Å². The molecular formula is C10H9BrClNO2. The van der Waals surface area contributed by atoms with Crippen LogP contribution in [0.2, 0.25) is 5.02 Å². The van der Waals surface area contributed by atoms with E-state index in [-0.39, 0.29) is 10.5 Å². The van der Waals surface area contributed by atoms with Crippen LogP contribution in [0.4, 0.5) is 5.69 Å². The van der Waals surface area contributed by atoms with Crippen molar-refractivity contribution in [2.75, 3.05) is 0 Å². The van der Waals surface area contributed by atoms with Gasteiger partial charge in [0.2, 0.25) is 0 Å². The Morgan fingerprint density at radius 1 is 1.60 bits per heavy atom. The first-order valence-corrected chi connectivity index (χ1v) is 5.56. The third-order valence-electron chi connectivity index (χ3n) is 1.73. The summed E-state index contributed by atoms with van der Waals surface area (Å²) in [6.07, 6.45) is 3.50. The van der Waals surface area contributed by atoms with E-state index in [1.807, 2.05) is 13.0 Å². The molecule has 0 aromatic heterocycles. The zero-order valence-corrected chi connectivity index (χ0v) is 10.3. The minimum absolute atomic E-state index is 0.0591. The highest BCUT2D eigenvalue weighted by Crippen LogP contribution is 2.24. The van der Waals surface area contributed by atoms with Gasteiger partial charge in [0.25, 0.3) is 5.69 Å². The number of benzene rings is 1. The van der Waals surface area contributed by atoms with E-state index in [0.29, 0.717) is 10.6 Å². The number of nitro groups is 1. The Balaban J connectivity index is 3.13. The summed E-state index contributed by atoms with van der Waals surface area (Å²) in [5.41, 5.74) is 0.572. The van der Waals surface area contributed by atoms with Gasteiger partial charge in [0.15, 0.2) is 0 Å². The maximum atomic E-state index is 10.7. The Labute approximate surface area is 101 Å². The normalized spacial score (nSPS) is 13.0. The molecule has 0 saturated heterocycles. The molecule has 0 aliphatic rings. The van der Waals surface area contributed by atoms with Crippen LogP contribution >= 0.6 is 27.5 Å². The van der Waals surface area contributed by atoms with E-state index in [2.05, 4.69) is 15.9 Å². The molecule has 80 valence electrons. The van der Waals surface area contributed by atoms with Gasteiger partial charge < -0.3 is 0 Å². The van der Waals surface area contributed by atoms with Crippen LogP contribution in [0, 0.1) is 10.1 Å². The number of alkyl halides is 1. The molecule has 0 aliphatic heterocycles. The van der Waals surface area contributed by atoms with Crippen molar-refractivity contribution in [2.24, 2.45) is 0 Å². The first kappa shape index (κ1) is 12.2. The van der Waals surface area contributed by atoms with Gasteiger partial charge in [-0.1, -0.05) is 39.7 Å². The Morgan fingerprint density at radius 2 is 2.27 bits per heavy atom. The van der Waals surface area contributed by atoms with Crippen molar-refractivity contribution >= 4 is 39.3 Å². The molecule has 1 atom stereocenters. The van der Waals surface area contributed by atoms with E-state index in [1.54, 1.807) is 12.1 Å². The second-order valence-electron chi connectivity index (χ2n) is 3.00. The first-order chi connectivity index (χ1) is 7.00. The van der Waals surface area contributed by atoms with E-state index >= 15 is 0 Å². The lowest BCUT2D eigenvalue weighted by molar-refractivity contribution is -0.385. The molecule has 0 radical (unpaired) electrons. The largest absolute Gasteiger partial charge is 0.276 e. The molecule has 1 aromatic carbocycles. The fourth-order valence-corrected chi connectivity index (χ4v) is 1.39.